The van der Waals surface area contributed by atoms with E-state index in [9.17, 15) is 4.39 Å². The maximum absolute atomic E-state index is 13.2. The number of hydrogen-bond donors (Lipinski definition) is 0. The fourth-order valence-corrected chi connectivity index (χ4v) is 4.33. The molecule has 7 nitrogen and oxygen atoms in total. The summed E-state index contributed by atoms with van der Waals surface area (Å²) >= 11 is 0. The van der Waals surface area contributed by atoms with Crippen molar-refractivity contribution >= 4 is 18.1 Å². The number of piperazine rings is 1. The number of ether oxygens (including phenoxy) is 1. The second-order valence-corrected chi connectivity index (χ2v) is 8.04. The largest absolute Gasteiger partial charge is 0.376 e. The molecule has 160 valence electrons. The number of rotatable bonds is 6. The Morgan fingerprint density at radius 1 is 1.14 bits per heavy atom. The molecule has 2 aromatic rings. The molecule has 2 aliphatic heterocycles. The molecule has 0 bridgehead atoms. The first-order valence-corrected chi connectivity index (χ1v) is 10.2. The third kappa shape index (κ3) is 5.05. The summed E-state index contributed by atoms with van der Waals surface area (Å²) in [5.74, 6) is 1.13. The van der Waals surface area contributed by atoms with Gasteiger partial charge in [0.2, 0.25) is 0 Å². The fraction of sp³-hybridized carbons (Fsp3) is 0.650. The van der Waals surface area contributed by atoms with Gasteiger partial charge in [0.05, 0.1) is 18.7 Å². The Bertz CT molecular complexity index is 757. The van der Waals surface area contributed by atoms with Gasteiger partial charge in [-0.2, -0.15) is 0 Å². The van der Waals surface area contributed by atoms with Crippen molar-refractivity contribution in [2.24, 2.45) is 5.92 Å². The predicted molar refractivity (Wildman–Crippen MR) is 112 cm³/mol. The molecule has 2 saturated heterocycles. The summed E-state index contributed by atoms with van der Waals surface area (Å²) in [4.78, 5) is 4.78. The molecule has 0 radical (unpaired) electrons. The van der Waals surface area contributed by atoms with Gasteiger partial charge in [0.25, 0.3) is 0 Å². The van der Waals surface area contributed by atoms with Gasteiger partial charge in [0, 0.05) is 38.5 Å². The molecule has 2 aliphatic rings. The minimum absolute atomic E-state index is 0. The van der Waals surface area contributed by atoms with E-state index in [1.54, 1.807) is 0 Å². The summed E-state index contributed by atoms with van der Waals surface area (Å²) in [7, 11) is 0. The van der Waals surface area contributed by atoms with Crippen LogP contribution in [-0.4, -0.2) is 64.0 Å². The van der Waals surface area contributed by atoms with Gasteiger partial charge in [-0.3, -0.25) is 4.90 Å². The zero-order chi connectivity index (χ0) is 19.5. The molecule has 29 heavy (non-hydrogen) atoms. The molecule has 4 rings (SSSR count). The maximum atomic E-state index is 13.2. The van der Waals surface area contributed by atoms with Crippen LogP contribution >= 0.6 is 12.4 Å². The minimum atomic E-state index is -0.194. The van der Waals surface area contributed by atoms with E-state index in [2.05, 4.69) is 39.2 Å². The lowest BCUT2D eigenvalue weighted by molar-refractivity contribution is 0.0865. The second-order valence-electron chi connectivity index (χ2n) is 8.04. The highest BCUT2D eigenvalue weighted by atomic mass is 35.5. The summed E-state index contributed by atoms with van der Waals surface area (Å²) in [5, 5.41) is 12.6. The molecule has 0 N–H and O–H groups in total. The average molecular weight is 425 g/mol. The number of aromatic nitrogens is 4. The average Bonchev–Trinajstić information content (AvgIpc) is 3.36. The molecular formula is C20H30ClFN6O. The van der Waals surface area contributed by atoms with Crippen LogP contribution in [0.5, 0.6) is 0 Å². The van der Waals surface area contributed by atoms with Gasteiger partial charge in [-0.05, 0) is 53.5 Å². The molecule has 0 saturated carbocycles. The molecule has 1 aromatic heterocycles. The Labute approximate surface area is 177 Å². The molecule has 2 unspecified atom stereocenters. The Kier molecular flexibility index (Phi) is 7.43. The van der Waals surface area contributed by atoms with E-state index in [0.717, 1.165) is 63.7 Å². The van der Waals surface area contributed by atoms with Crippen molar-refractivity contribution in [3.63, 3.8) is 0 Å². The molecule has 0 amide bonds. The lowest BCUT2D eigenvalue weighted by Gasteiger charge is -2.41. The first kappa shape index (κ1) is 21.9. The maximum Gasteiger partial charge on any atom is 0.168 e. The van der Waals surface area contributed by atoms with Crippen molar-refractivity contribution in [2.45, 2.75) is 45.4 Å². The number of benzene rings is 1. The van der Waals surface area contributed by atoms with E-state index in [4.69, 9.17) is 4.74 Å². The fourth-order valence-electron chi connectivity index (χ4n) is 4.33. The summed E-state index contributed by atoms with van der Waals surface area (Å²) in [5.41, 5.74) is 1.07. The van der Waals surface area contributed by atoms with E-state index in [1.807, 2.05) is 16.8 Å². The van der Waals surface area contributed by atoms with E-state index in [1.165, 1.54) is 12.1 Å². The molecule has 3 heterocycles. The highest BCUT2D eigenvalue weighted by molar-refractivity contribution is 5.85. The van der Waals surface area contributed by atoms with Crippen molar-refractivity contribution in [3.05, 3.63) is 35.9 Å². The van der Waals surface area contributed by atoms with Crippen LogP contribution < -0.4 is 4.90 Å². The minimum Gasteiger partial charge on any atom is -0.376 e. The van der Waals surface area contributed by atoms with Gasteiger partial charge < -0.3 is 9.64 Å². The van der Waals surface area contributed by atoms with Crippen molar-refractivity contribution in [2.75, 3.05) is 37.7 Å². The third-order valence-electron chi connectivity index (χ3n) is 5.76. The number of halogens is 2. The number of nitrogens with zero attached hydrogens (tertiary/aromatic N) is 6. The van der Waals surface area contributed by atoms with Crippen LogP contribution in [0.3, 0.4) is 0 Å². The van der Waals surface area contributed by atoms with E-state index in [0.29, 0.717) is 5.92 Å². The topological polar surface area (TPSA) is 59.3 Å². The highest BCUT2D eigenvalue weighted by Gasteiger charge is 2.32. The summed E-state index contributed by atoms with van der Waals surface area (Å²) in [6, 6.07) is 6.93. The van der Waals surface area contributed by atoms with E-state index < -0.39 is 0 Å². The monoisotopic (exact) mass is 424 g/mol. The zero-order valence-corrected chi connectivity index (χ0v) is 17.9. The molecule has 0 spiro atoms. The Morgan fingerprint density at radius 2 is 1.86 bits per heavy atom. The van der Waals surface area contributed by atoms with E-state index >= 15 is 0 Å². The zero-order valence-electron chi connectivity index (χ0n) is 17.1. The first-order valence-electron chi connectivity index (χ1n) is 10.2. The van der Waals surface area contributed by atoms with Crippen molar-refractivity contribution < 1.29 is 9.13 Å². The van der Waals surface area contributed by atoms with Gasteiger partial charge in [-0.1, -0.05) is 13.8 Å². The van der Waals surface area contributed by atoms with Crippen LogP contribution in [0.2, 0.25) is 0 Å². The summed E-state index contributed by atoms with van der Waals surface area (Å²) in [6.07, 6.45) is 2.40. The third-order valence-corrected chi connectivity index (χ3v) is 5.76. The predicted octanol–water partition coefficient (Wildman–Crippen LogP) is 2.93. The van der Waals surface area contributed by atoms with Gasteiger partial charge in [0.1, 0.15) is 5.82 Å². The first-order chi connectivity index (χ1) is 13.6. The summed E-state index contributed by atoms with van der Waals surface area (Å²) < 4.78 is 20.9. The van der Waals surface area contributed by atoms with E-state index in [-0.39, 0.29) is 30.4 Å². The van der Waals surface area contributed by atoms with Gasteiger partial charge in [-0.25, -0.2) is 9.07 Å². The Morgan fingerprint density at radius 3 is 2.48 bits per heavy atom. The van der Waals surface area contributed by atoms with Crippen LogP contribution in [0, 0.1) is 11.7 Å². The molecule has 2 atom stereocenters. The SMILES string of the molecule is CC(C)C(c1nnnn1CC1CCCO1)N1CCN(c2ccc(F)cc2)CC1.Cl. The smallest absolute Gasteiger partial charge is 0.168 e. The van der Waals surface area contributed by atoms with Gasteiger partial charge >= 0.3 is 0 Å². The van der Waals surface area contributed by atoms with Gasteiger partial charge in [-0.15, -0.1) is 17.5 Å². The van der Waals surface area contributed by atoms with Crippen LogP contribution in [0.1, 0.15) is 38.6 Å². The van der Waals surface area contributed by atoms with Crippen LogP contribution in [0.4, 0.5) is 10.1 Å². The Hall–Kier alpha value is -1.77. The highest BCUT2D eigenvalue weighted by Crippen LogP contribution is 2.29. The molecular weight excluding hydrogens is 395 g/mol. The van der Waals surface area contributed by atoms with Gasteiger partial charge in [0.15, 0.2) is 5.82 Å². The number of anilines is 1. The van der Waals surface area contributed by atoms with Crippen LogP contribution in [0.25, 0.3) is 0 Å². The summed E-state index contributed by atoms with van der Waals surface area (Å²) in [6.45, 7) is 9.66. The molecule has 0 aliphatic carbocycles. The van der Waals surface area contributed by atoms with Crippen molar-refractivity contribution in [1.82, 2.24) is 25.1 Å². The second kappa shape index (κ2) is 9.82. The van der Waals surface area contributed by atoms with Crippen LogP contribution in [0.15, 0.2) is 24.3 Å². The normalized spacial score (nSPS) is 21.4. The van der Waals surface area contributed by atoms with Crippen molar-refractivity contribution in [1.29, 1.82) is 0 Å². The Balaban J connectivity index is 0.00000240. The molecule has 2 fully saturated rings. The lowest BCUT2D eigenvalue weighted by Crippen LogP contribution is -2.49. The number of tetrazole rings is 1. The molecule has 1 aromatic carbocycles. The molecule has 9 heteroatoms. The standard InChI is InChI=1S/C20H29FN6O.ClH/c1-15(2)19(20-22-23-24-27(20)14-18-4-3-13-28-18)26-11-9-25(10-12-26)17-7-5-16(21)6-8-17;/h5-8,15,18-19H,3-4,9-14H2,1-2H3;1H. The van der Waals surface area contributed by atoms with Crippen LogP contribution in [-0.2, 0) is 11.3 Å². The lowest BCUT2D eigenvalue weighted by atomic mass is 10.0. The number of hydrogen-bond acceptors (Lipinski definition) is 6. The quantitative estimate of drug-likeness (QED) is 0.710. The van der Waals surface area contributed by atoms with Crippen molar-refractivity contribution in [3.8, 4) is 0 Å².